The number of aromatic nitrogens is 2. The molecule has 6 heteroatoms. The zero-order chi connectivity index (χ0) is 11.1. The Bertz CT molecular complexity index is 515. The number of pyridine rings is 1. The Kier molecular flexibility index (Phi) is 1.99. The first kappa shape index (κ1) is 9.70. The number of Topliss-reactive ketones (excluding diaryl/α,β-unsaturated/α-hetero) is 1. The standard InChI is InChI=1S/C9H5F3N2O/c10-9(11,12)7(15)6-4-14-8-5(6)2-1-3-13-8/h1-4H,(H,13,14). The molecule has 2 heterocycles. The van der Waals surface area contributed by atoms with Crippen LogP contribution in [0.2, 0.25) is 0 Å². The highest BCUT2D eigenvalue weighted by Crippen LogP contribution is 2.25. The molecule has 2 rings (SSSR count). The van der Waals surface area contributed by atoms with Crippen LogP contribution in [0.25, 0.3) is 11.0 Å². The Morgan fingerprint density at radius 3 is 2.80 bits per heavy atom. The fourth-order valence-electron chi connectivity index (χ4n) is 1.30. The number of rotatable bonds is 1. The zero-order valence-electron chi connectivity index (χ0n) is 7.30. The van der Waals surface area contributed by atoms with Crippen molar-refractivity contribution >= 4 is 16.8 Å². The summed E-state index contributed by atoms with van der Waals surface area (Å²) in [6, 6.07) is 2.89. The Morgan fingerprint density at radius 2 is 2.13 bits per heavy atom. The molecule has 1 N–H and O–H groups in total. The van der Waals surface area contributed by atoms with Crippen LogP contribution in [0.15, 0.2) is 24.5 Å². The monoisotopic (exact) mass is 214 g/mol. The second-order valence-electron chi connectivity index (χ2n) is 2.93. The van der Waals surface area contributed by atoms with E-state index in [4.69, 9.17) is 0 Å². The highest BCUT2D eigenvalue weighted by atomic mass is 19.4. The van der Waals surface area contributed by atoms with Crippen LogP contribution in [0.3, 0.4) is 0 Å². The lowest BCUT2D eigenvalue weighted by molar-refractivity contribution is -0.0884. The fraction of sp³-hybridized carbons (Fsp3) is 0.111. The van der Waals surface area contributed by atoms with Gasteiger partial charge < -0.3 is 4.98 Å². The average molecular weight is 214 g/mol. The second-order valence-corrected chi connectivity index (χ2v) is 2.93. The van der Waals surface area contributed by atoms with Crippen LogP contribution in [0.5, 0.6) is 0 Å². The maximum Gasteiger partial charge on any atom is 0.454 e. The van der Waals surface area contributed by atoms with E-state index in [9.17, 15) is 18.0 Å². The summed E-state index contributed by atoms with van der Waals surface area (Å²) in [6.07, 6.45) is -2.40. The maximum atomic E-state index is 12.2. The van der Waals surface area contributed by atoms with Crippen LogP contribution in [0.4, 0.5) is 13.2 Å². The molecule has 0 saturated heterocycles. The molecule has 2 aromatic rings. The molecule has 2 aromatic heterocycles. The number of halogens is 3. The van der Waals surface area contributed by atoms with E-state index in [1.807, 2.05) is 0 Å². The zero-order valence-corrected chi connectivity index (χ0v) is 7.30. The van der Waals surface area contributed by atoms with Crippen molar-refractivity contribution in [1.29, 1.82) is 0 Å². The number of aromatic amines is 1. The molecule has 0 spiro atoms. The number of nitrogens with one attached hydrogen (secondary N) is 1. The summed E-state index contributed by atoms with van der Waals surface area (Å²) in [5.41, 5.74) is -0.129. The van der Waals surface area contributed by atoms with Gasteiger partial charge in [-0.15, -0.1) is 0 Å². The van der Waals surface area contributed by atoms with Crippen LogP contribution in [-0.2, 0) is 0 Å². The molecule has 15 heavy (non-hydrogen) atoms. The van der Waals surface area contributed by atoms with Crippen molar-refractivity contribution < 1.29 is 18.0 Å². The number of hydrogen-bond donors (Lipinski definition) is 1. The number of ketones is 1. The van der Waals surface area contributed by atoms with E-state index in [-0.39, 0.29) is 11.0 Å². The van der Waals surface area contributed by atoms with Gasteiger partial charge in [-0.25, -0.2) is 4.98 Å². The predicted octanol–water partition coefficient (Wildman–Crippen LogP) is 2.31. The molecular weight excluding hydrogens is 209 g/mol. The number of fused-ring (bicyclic) bond motifs is 1. The third-order valence-corrected chi connectivity index (χ3v) is 1.95. The van der Waals surface area contributed by atoms with Gasteiger partial charge in [0.25, 0.3) is 5.78 Å². The van der Waals surface area contributed by atoms with Gasteiger partial charge in [-0.05, 0) is 12.1 Å². The van der Waals surface area contributed by atoms with Gasteiger partial charge in [-0.1, -0.05) is 0 Å². The summed E-state index contributed by atoms with van der Waals surface area (Å²) in [5.74, 6) is -1.86. The summed E-state index contributed by atoms with van der Waals surface area (Å²) in [4.78, 5) is 17.3. The van der Waals surface area contributed by atoms with Gasteiger partial charge in [0.15, 0.2) is 0 Å². The average Bonchev–Trinajstić information content (AvgIpc) is 2.58. The molecule has 0 aromatic carbocycles. The number of hydrogen-bond acceptors (Lipinski definition) is 2. The van der Waals surface area contributed by atoms with E-state index in [1.165, 1.54) is 18.3 Å². The molecule has 3 nitrogen and oxygen atoms in total. The van der Waals surface area contributed by atoms with Crippen molar-refractivity contribution in [3.8, 4) is 0 Å². The lowest BCUT2D eigenvalue weighted by Gasteiger charge is -2.02. The number of nitrogens with zero attached hydrogens (tertiary/aromatic N) is 1. The first-order chi connectivity index (χ1) is 7.00. The summed E-state index contributed by atoms with van der Waals surface area (Å²) >= 11 is 0. The Balaban J connectivity index is 2.58. The molecular formula is C9H5F3N2O. The lowest BCUT2D eigenvalue weighted by Crippen LogP contribution is -2.22. The minimum atomic E-state index is -4.86. The molecule has 0 amide bonds. The van der Waals surface area contributed by atoms with Crippen molar-refractivity contribution in [2.75, 3.05) is 0 Å². The van der Waals surface area contributed by atoms with E-state index < -0.39 is 17.5 Å². The second kappa shape index (κ2) is 3.08. The first-order valence-corrected chi connectivity index (χ1v) is 4.04. The number of alkyl halides is 3. The Morgan fingerprint density at radius 1 is 1.40 bits per heavy atom. The first-order valence-electron chi connectivity index (χ1n) is 4.04. The highest BCUT2D eigenvalue weighted by Gasteiger charge is 2.40. The van der Waals surface area contributed by atoms with Gasteiger partial charge >= 0.3 is 6.18 Å². The van der Waals surface area contributed by atoms with E-state index in [0.717, 1.165) is 6.20 Å². The third-order valence-electron chi connectivity index (χ3n) is 1.95. The molecule has 0 atom stereocenters. The largest absolute Gasteiger partial charge is 0.454 e. The number of carbonyl (C=O) groups excluding carboxylic acids is 1. The minimum absolute atomic E-state index is 0.180. The van der Waals surface area contributed by atoms with Crippen LogP contribution in [0.1, 0.15) is 10.4 Å². The molecule has 0 radical (unpaired) electrons. The van der Waals surface area contributed by atoms with Gasteiger partial charge in [0.2, 0.25) is 0 Å². The van der Waals surface area contributed by atoms with E-state index in [0.29, 0.717) is 0 Å². The van der Waals surface area contributed by atoms with Crippen LogP contribution in [-0.4, -0.2) is 21.9 Å². The van der Waals surface area contributed by atoms with Crippen LogP contribution >= 0.6 is 0 Å². The molecule has 0 bridgehead atoms. The smallest absolute Gasteiger partial charge is 0.345 e. The molecule has 0 aliphatic heterocycles. The van der Waals surface area contributed by atoms with Crippen molar-refractivity contribution in [3.63, 3.8) is 0 Å². The lowest BCUT2D eigenvalue weighted by atomic mass is 10.1. The molecule has 0 unspecified atom stereocenters. The minimum Gasteiger partial charge on any atom is -0.345 e. The maximum absolute atomic E-state index is 12.2. The van der Waals surface area contributed by atoms with Crippen LogP contribution in [0, 0.1) is 0 Å². The summed E-state index contributed by atoms with van der Waals surface area (Å²) in [5, 5.41) is 0.180. The number of H-pyrrole nitrogens is 1. The third kappa shape index (κ3) is 1.58. The normalized spacial score (nSPS) is 11.9. The fourth-order valence-corrected chi connectivity index (χ4v) is 1.30. The SMILES string of the molecule is O=C(c1c[nH]c2ncccc12)C(F)(F)F. The van der Waals surface area contributed by atoms with Gasteiger partial charge in [-0.2, -0.15) is 13.2 Å². The van der Waals surface area contributed by atoms with Crippen molar-refractivity contribution in [3.05, 3.63) is 30.1 Å². The van der Waals surface area contributed by atoms with E-state index in [2.05, 4.69) is 9.97 Å². The van der Waals surface area contributed by atoms with Crippen molar-refractivity contribution in [1.82, 2.24) is 9.97 Å². The van der Waals surface area contributed by atoms with Gasteiger partial charge in [0.05, 0.1) is 5.56 Å². The highest BCUT2D eigenvalue weighted by molar-refractivity contribution is 6.09. The molecule has 0 fully saturated rings. The molecule has 78 valence electrons. The van der Waals surface area contributed by atoms with Gasteiger partial charge in [-0.3, -0.25) is 4.79 Å². The molecule has 0 aliphatic carbocycles. The van der Waals surface area contributed by atoms with Gasteiger partial charge in [0, 0.05) is 17.8 Å². The Labute approximate surface area is 81.9 Å². The van der Waals surface area contributed by atoms with Crippen LogP contribution < -0.4 is 0 Å². The van der Waals surface area contributed by atoms with Gasteiger partial charge in [0.1, 0.15) is 5.65 Å². The summed E-state index contributed by atoms with van der Waals surface area (Å²) in [7, 11) is 0. The number of carbonyl (C=O) groups is 1. The Hall–Kier alpha value is -1.85. The molecule has 0 saturated carbocycles. The van der Waals surface area contributed by atoms with Crippen molar-refractivity contribution in [2.45, 2.75) is 6.18 Å². The quantitative estimate of drug-likeness (QED) is 0.740. The predicted molar refractivity (Wildman–Crippen MR) is 46.5 cm³/mol. The molecule has 0 aliphatic rings. The van der Waals surface area contributed by atoms with E-state index in [1.54, 1.807) is 0 Å². The topological polar surface area (TPSA) is 45.8 Å². The summed E-state index contributed by atoms with van der Waals surface area (Å²) < 4.78 is 36.5. The van der Waals surface area contributed by atoms with Crippen molar-refractivity contribution in [2.24, 2.45) is 0 Å². The van der Waals surface area contributed by atoms with E-state index >= 15 is 0 Å². The summed E-state index contributed by atoms with van der Waals surface area (Å²) in [6.45, 7) is 0.